The van der Waals surface area contributed by atoms with Gasteiger partial charge in [-0.1, -0.05) is 0 Å². The average Bonchev–Trinajstić information content (AvgIpc) is 3.10. The first kappa shape index (κ1) is 18.3. The third-order valence-corrected chi connectivity index (χ3v) is 7.52. The Balaban J connectivity index is 1.15. The van der Waals surface area contributed by atoms with Crippen LogP contribution in [0.4, 0.5) is 5.82 Å². The van der Waals surface area contributed by atoms with Crippen LogP contribution in [-0.2, 0) is 11.8 Å². The Morgan fingerprint density at radius 2 is 2.17 bits per heavy atom. The summed E-state index contributed by atoms with van der Waals surface area (Å²) >= 11 is 0. The van der Waals surface area contributed by atoms with Crippen LogP contribution in [0, 0.1) is 18.8 Å². The highest BCUT2D eigenvalue weighted by Gasteiger charge is 2.63. The third kappa shape index (κ3) is 2.84. The van der Waals surface area contributed by atoms with Gasteiger partial charge in [0.05, 0.1) is 23.1 Å². The third-order valence-electron chi connectivity index (χ3n) is 7.52. The van der Waals surface area contributed by atoms with Crippen molar-refractivity contribution >= 4 is 11.7 Å². The number of carbonyl (C=O) groups is 1. The number of aromatic nitrogens is 4. The Labute approximate surface area is 176 Å². The molecular weight excluding hydrogens is 380 g/mol. The molecule has 0 unspecified atom stereocenters. The van der Waals surface area contributed by atoms with Crippen LogP contribution in [0.2, 0.25) is 0 Å². The van der Waals surface area contributed by atoms with Crippen molar-refractivity contribution in [1.82, 2.24) is 25.3 Å². The molecular formula is C22H28N6O2. The Kier molecular flexibility index (Phi) is 3.97. The van der Waals surface area contributed by atoms with Crippen molar-refractivity contribution in [3.63, 3.8) is 0 Å². The number of amides is 1. The molecule has 3 aliphatic heterocycles. The molecule has 0 radical (unpaired) electrons. The van der Waals surface area contributed by atoms with Gasteiger partial charge in [-0.05, 0) is 50.8 Å². The number of aryl methyl sites for hydroxylation is 2. The van der Waals surface area contributed by atoms with Crippen molar-refractivity contribution in [2.75, 3.05) is 24.5 Å². The van der Waals surface area contributed by atoms with Gasteiger partial charge in [0.15, 0.2) is 5.82 Å². The molecule has 4 aliphatic rings. The van der Waals surface area contributed by atoms with Crippen LogP contribution in [0.5, 0.6) is 0 Å². The van der Waals surface area contributed by atoms with Gasteiger partial charge in [-0.25, -0.2) is 0 Å². The molecule has 4 atom stereocenters. The van der Waals surface area contributed by atoms with E-state index < -0.39 is 0 Å². The minimum absolute atomic E-state index is 0.0343. The van der Waals surface area contributed by atoms with E-state index in [1.807, 2.05) is 32.2 Å². The highest BCUT2D eigenvalue weighted by Crippen LogP contribution is 2.55. The average molecular weight is 409 g/mol. The number of ether oxygens (including phenoxy) is 1. The van der Waals surface area contributed by atoms with Crippen molar-refractivity contribution < 1.29 is 9.53 Å². The quantitative estimate of drug-likeness (QED) is 0.812. The van der Waals surface area contributed by atoms with E-state index in [2.05, 4.69) is 25.5 Å². The van der Waals surface area contributed by atoms with Gasteiger partial charge in [-0.3, -0.25) is 9.48 Å². The fourth-order valence-corrected chi connectivity index (χ4v) is 5.78. The summed E-state index contributed by atoms with van der Waals surface area (Å²) in [5.74, 6) is 2.18. The van der Waals surface area contributed by atoms with Crippen molar-refractivity contribution in [1.29, 1.82) is 0 Å². The summed E-state index contributed by atoms with van der Waals surface area (Å²) in [6.45, 7) is 4.37. The van der Waals surface area contributed by atoms with Crippen LogP contribution in [0.25, 0.3) is 0 Å². The predicted octanol–water partition coefficient (Wildman–Crippen LogP) is 1.81. The maximum atomic E-state index is 12.9. The first-order valence-corrected chi connectivity index (χ1v) is 11.1. The van der Waals surface area contributed by atoms with Gasteiger partial charge in [0.1, 0.15) is 5.69 Å². The first-order chi connectivity index (χ1) is 14.5. The van der Waals surface area contributed by atoms with E-state index in [-0.39, 0.29) is 17.6 Å². The summed E-state index contributed by atoms with van der Waals surface area (Å²) < 4.78 is 8.24. The van der Waals surface area contributed by atoms with E-state index in [4.69, 9.17) is 4.74 Å². The molecule has 158 valence electrons. The summed E-state index contributed by atoms with van der Waals surface area (Å²) in [4.78, 5) is 15.2. The molecule has 2 bridgehead atoms. The molecule has 8 heteroatoms. The Hall–Kier alpha value is -2.48. The minimum atomic E-state index is -0.0989. The Morgan fingerprint density at radius 3 is 2.93 bits per heavy atom. The number of rotatable bonds is 5. The van der Waals surface area contributed by atoms with Crippen LogP contribution >= 0.6 is 0 Å². The highest BCUT2D eigenvalue weighted by atomic mass is 16.5. The molecule has 0 aromatic carbocycles. The largest absolute Gasteiger partial charge is 0.369 e. The molecule has 1 spiro atoms. The number of carbonyl (C=O) groups excluding carboxylic acids is 1. The number of nitrogens with one attached hydrogen (secondary N) is 1. The molecule has 1 N–H and O–H groups in total. The molecule has 1 amide bonds. The Morgan fingerprint density at radius 1 is 1.30 bits per heavy atom. The minimum Gasteiger partial charge on any atom is -0.369 e. The summed E-state index contributed by atoms with van der Waals surface area (Å²) in [5.41, 5.74) is 2.53. The van der Waals surface area contributed by atoms with Gasteiger partial charge in [-0.15, -0.1) is 5.10 Å². The van der Waals surface area contributed by atoms with Gasteiger partial charge < -0.3 is 15.0 Å². The van der Waals surface area contributed by atoms with E-state index in [0.717, 1.165) is 43.1 Å². The fourth-order valence-electron chi connectivity index (χ4n) is 5.78. The van der Waals surface area contributed by atoms with Crippen molar-refractivity contribution in [2.45, 2.75) is 50.2 Å². The topological polar surface area (TPSA) is 85.2 Å². The molecule has 2 aromatic rings. The standard InChI is InChI=1S/C22H28N6O2/c1-13-3-6-20(25-24-13)28-11-16-15(19-7-8-22(16,12-28)30-19)10-23-21(29)18-9-17(14-4-5-14)26-27(18)2/h3,6,9,14-16,19H,4-5,7-8,10-12H2,1-2H3,(H,23,29)/t15-,16+,19+,22+/m0/s1. The van der Waals surface area contributed by atoms with Crippen LogP contribution < -0.4 is 10.2 Å². The van der Waals surface area contributed by atoms with Crippen molar-refractivity contribution in [3.05, 3.63) is 35.3 Å². The lowest BCUT2D eigenvalue weighted by molar-refractivity contribution is 0.0141. The van der Waals surface area contributed by atoms with E-state index in [0.29, 0.717) is 30.0 Å². The molecule has 2 aromatic heterocycles. The van der Waals surface area contributed by atoms with E-state index in [9.17, 15) is 4.79 Å². The summed E-state index contributed by atoms with van der Waals surface area (Å²) in [7, 11) is 1.86. The lowest BCUT2D eigenvalue weighted by atomic mass is 9.73. The Bertz CT molecular complexity index is 984. The molecule has 4 fully saturated rings. The van der Waals surface area contributed by atoms with E-state index in [1.165, 1.54) is 12.8 Å². The second-order valence-corrected chi connectivity index (χ2v) is 9.51. The zero-order chi connectivity index (χ0) is 20.5. The maximum absolute atomic E-state index is 12.9. The molecule has 1 saturated carbocycles. The number of fused-ring (bicyclic) bond motifs is 1. The molecule has 1 aliphatic carbocycles. The number of nitrogens with zero attached hydrogens (tertiary/aromatic N) is 5. The summed E-state index contributed by atoms with van der Waals surface area (Å²) in [6.07, 6.45) is 4.78. The van der Waals surface area contributed by atoms with Crippen LogP contribution in [-0.4, -0.2) is 57.2 Å². The maximum Gasteiger partial charge on any atom is 0.269 e. The van der Waals surface area contributed by atoms with Crippen molar-refractivity contribution in [3.8, 4) is 0 Å². The molecule has 8 nitrogen and oxygen atoms in total. The zero-order valence-electron chi connectivity index (χ0n) is 17.5. The van der Waals surface area contributed by atoms with Crippen LogP contribution in [0.1, 0.15) is 53.5 Å². The zero-order valence-corrected chi connectivity index (χ0v) is 17.5. The fraction of sp³-hybridized carbons (Fsp3) is 0.636. The van der Waals surface area contributed by atoms with Crippen LogP contribution in [0.15, 0.2) is 18.2 Å². The lowest BCUT2D eigenvalue weighted by Gasteiger charge is -2.29. The van der Waals surface area contributed by atoms with Gasteiger partial charge >= 0.3 is 0 Å². The number of hydrogen-bond donors (Lipinski definition) is 1. The first-order valence-electron chi connectivity index (χ1n) is 11.1. The highest BCUT2D eigenvalue weighted by molar-refractivity contribution is 5.92. The summed E-state index contributed by atoms with van der Waals surface area (Å²) in [6, 6.07) is 6.01. The van der Waals surface area contributed by atoms with Crippen molar-refractivity contribution in [2.24, 2.45) is 18.9 Å². The summed E-state index contributed by atoms with van der Waals surface area (Å²) in [5, 5.41) is 16.3. The van der Waals surface area contributed by atoms with Crippen LogP contribution in [0.3, 0.4) is 0 Å². The second-order valence-electron chi connectivity index (χ2n) is 9.51. The predicted molar refractivity (Wildman–Crippen MR) is 110 cm³/mol. The normalized spacial score (nSPS) is 31.9. The van der Waals surface area contributed by atoms with Gasteiger partial charge in [0, 0.05) is 44.4 Å². The van der Waals surface area contributed by atoms with Gasteiger partial charge in [0.25, 0.3) is 5.91 Å². The molecule has 5 heterocycles. The van der Waals surface area contributed by atoms with E-state index >= 15 is 0 Å². The molecule has 6 rings (SSSR count). The van der Waals surface area contributed by atoms with Gasteiger partial charge in [-0.2, -0.15) is 10.2 Å². The molecule has 30 heavy (non-hydrogen) atoms. The number of hydrogen-bond acceptors (Lipinski definition) is 6. The lowest BCUT2D eigenvalue weighted by Crippen LogP contribution is -2.42. The number of anilines is 1. The monoisotopic (exact) mass is 408 g/mol. The smallest absolute Gasteiger partial charge is 0.269 e. The van der Waals surface area contributed by atoms with E-state index in [1.54, 1.807) is 4.68 Å². The molecule has 3 saturated heterocycles. The second kappa shape index (κ2) is 6.51. The SMILES string of the molecule is Cc1ccc(N2C[C@@H]3[C@H](CNC(=O)c4cc(C5CC5)nn4C)[C@H]4CC[C@]3(C2)O4)nn1. The van der Waals surface area contributed by atoms with Gasteiger partial charge in [0.2, 0.25) is 0 Å².